The monoisotopic (exact) mass is 267 g/mol. The van der Waals surface area contributed by atoms with Crippen molar-refractivity contribution in [2.75, 3.05) is 6.61 Å². The molecule has 0 saturated carbocycles. The van der Waals surface area contributed by atoms with Crippen molar-refractivity contribution in [2.45, 2.75) is 13.0 Å². The van der Waals surface area contributed by atoms with Crippen molar-refractivity contribution in [1.29, 1.82) is 0 Å². The Morgan fingerprint density at radius 3 is 3.00 bits per heavy atom. The maximum Gasteiger partial charge on any atom is 0.339 e. The Balaban J connectivity index is 2.24. The molecule has 6 heteroatoms. The van der Waals surface area contributed by atoms with E-state index in [2.05, 4.69) is 4.99 Å². The lowest BCUT2D eigenvalue weighted by Gasteiger charge is -2.02. The Labute approximate surface area is 107 Å². The summed E-state index contributed by atoms with van der Waals surface area (Å²) in [5.41, 5.74) is 0.486. The molecule has 0 saturated heterocycles. The highest BCUT2D eigenvalue weighted by Gasteiger charge is 2.35. The van der Waals surface area contributed by atoms with Crippen LogP contribution in [-0.2, 0) is 14.3 Å². The number of esters is 1. The maximum atomic E-state index is 13.1. The van der Waals surface area contributed by atoms with E-state index in [1.807, 2.05) is 0 Å². The van der Waals surface area contributed by atoms with Crippen LogP contribution in [0.5, 0.6) is 0 Å². The quantitative estimate of drug-likeness (QED) is 0.618. The Bertz CT molecular complexity index is 530. The predicted molar refractivity (Wildman–Crippen MR) is 66.0 cm³/mol. The molecule has 2 rings (SSSR count). The molecule has 0 N–H and O–H groups in total. The van der Waals surface area contributed by atoms with Crippen molar-refractivity contribution in [2.24, 2.45) is 4.99 Å². The minimum absolute atomic E-state index is 0.193. The molecule has 18 heavy (non-hydrogen) atoms. The summed E-state index contributed by atoms with van der Waals surface area (Å²) in [6, 6.07) is 4.60. The molecule has 0 amide bonds. The van der Waals surface area contributed by atoms with Crippen molar-refractivity contribution in [1.82, 2.24) is 0 Å². The average molecular weight is 267 g/mol. The smallest absolute Gasteiger partial charge is 0.339 e. The van der Waals surface area contributed by atoms with Crippen LogP contribution in [0.4, 0.5) is 4.39 Å². The number of carbonyl (C=O) groups is 2. The molecule has 0 aliphatic carbocycles. The standard InChI is InChI=1S/C12H10FNO3S/c1-2-17-11(15)9-12(16)18-10(14-9)7-4-3-5-8(13)6-7/h3-6,9H,2H2,1H3. The molecule has 0 bridgehead atoms. The topological polar surface area (TPSA) is 55.7 Å². The zero-order valence-electron chi connectivity index (χ0n) is 9.55. The van der Waals surface area contributed by atoms with Gasteiger partial charge in [0.05, 0.1) is 6.61 Å². The van der Waals surface area contributed by atoms with Gasteiger partial charge in [-0.05, 0) is 30.8 Å². The first-order valence-electron chi connectivity index (χ1n) is 5.34. The van der Waals surface area contributed by atoms with Crippen LogP contribution in [-0.4, -0.2) is 28.8 Å². The molecule has 1 aliphatic heterocycles. The zero-order chi connectivity index (χ0) is 13.1. The summed E-state index contributed by atoms with van der Waals surface area (Å²) in [4.78, 5) is 27.1. The fourth-order valence-electron chi connectivity index (χ4n) is 1.47. The van der Waals surface area contributed by atoms with Crippen molar-refractivity contribution in [3.8, 4) is 0 Å². The van der Waals surface area contributed by atoms with Crippen LogP contribution >= 0.6 is 11.8 Å². The van der Waals surface area contributed by atoms with Crippen LogP contribution in [0, 0.1) is 5.82 Å². The SMILES string of the molecule is CCOC(=O)C1N=C(c2cccc(F)c2)SC1=O. The third kappa shape index (κ3) is 2.59. The zero-order valence-corrected chi connectivity index (χ0v) is 10.4. The van der Waals surface area contributed by atoms with Crippen LogP contribution in [0.3, 0.4) is 0 Å². The highest BCUT2D eigenvalue weighted by molar-refractivity contribution is 8.27. The van der Waals surface area contributed by atoms with E-state index in [-0.39, 0.29) is 6.61 Å². The number of thioether (sulfide) groups is 1. The first kappa shape index (κ1) is 12.8. The summed E-state index contributed by atoms with van der Waals surface area (Å²) < 4.78 is 17.8. The average Bonchev–Trinajstić information content (AvgIpc) is 2.72. The van der Waals surface area contributed by atoms with Gasteiger partial charge in [0.2, 0.25) is 11.2 Å². The molecule has 1 aromatic carbocycles. The van der Waals surface area contributed by atoms with Crippen LogP contribution in [0.1, 0.15) is 12.5 Å². The molecule has 0 aromatic heterocycles. The van der Waals surface area contributed by atoms with Crippen molar-refractivity contribution < 1.29 is 18.7 Å². The molecule has 1 aliphatic rings. The van der Waals surface area contributed by atoms with E-state index in [0.29, 0.717) is 10.6 Å². The molecule has 1 heterocycles. The Kier molecular flexibility index (Phi) is 3.76. The van der Waals surface area contributed by atoms with E-state index in [4.69, 9.17) is 4.74 Å². The molecule has 4 nitrogen and oxygen atoms in total. The predicted octanol–water partition coefficient (Wildman–Crippen LogP) is 1.78. The second kappa shape index (κ2) is 5.30. The summed E-state index contributed by atoms with van der Waals surface area (Å²) in [5.74, 6) is -1.08. The van der Waals surface area contributed by atoms with Gasteiger partial charge in [-0.25, -0.2) is 9.18 Å². The lowest BCUT2D eigenvalue weighted by Crippen LogP contribution is -2.25. The Morgan fingerprint density at radius 1 is 1.56 bits per heavy atom. The summed E-state index contributed by atoms with van der Waals surface area (Å²) in [6.07, 6.45) is 0. The molecule has 0 fully saturated rings. The number of ether oxygens (including phenoxy) is 1. The van der Waals surface area contributed by atoms with E-state index in [1.165, 1.54) is 18.2 Å². The Morgan fingerprint density at radius 2 is 2.33 bits per heavy atom. The van der Waals surface area contributed by atoms with E-state index in [0.717, 1.165) is 11.8 Å². The number of rotatable bonds is 3. The highest BCUT2D eigenvalue weighted by atomic mass is 32.2. The normalized spacial score (nSPS) is 18.7. The van der Waals surface area contributed by atoms with Crippen molar-refractivity contribution >= 4 is 27.9 Å². The van der Waals surface area contributed by atoms with Gasteiger partial charge < -0.3 is 4.74 Å². The lowest BCUT2D eigenvalue weighted by atomic mass is 10.2. The van der Waals surface area contributed by atoms with Crippen LogP contribution in [0.15, 0.2) is 29.3 Å². The minimum atomic E-state index is -1.13. The number of hydrogen-bond donors (Lipinski definition) is 0. The number of benzene rings is 1. The van der Waals surface area contributed by atoms with E-state index in [9.17, 15) is 14.0 Å². The molecule has 94 valence electrons. The third-order valence-electron chi connectivity index (χ3n) is 2.25. The summed E-state index contributed by atoms with van der Waals surface area (Å²) in [5, 5.41) is -0.0507. The van der Waals surface area contributed by atoms with Gasteiger partial charge in [-0.15, -0.1) is 0 Å². The van der Waals surface area contributed by atoms with Gasteiger partial charge in [0.1, 0.15) is 10.9 Å². The number of nitrogens with zero attached hydrogens (tertiary/aromatic N) is 1. The second-order valence-electron chi connectivity index (χ2n) is 3.52. The maximum absolute atomic E-state index is 13.1. The van der Waals surface area contributed by atoms with Crippen molar-refractivity contribution in [3.63, 3.8) is 0 Å². The van der Waals surface area contributed by atoms with Crippen LogP contribution < -0.4 is 0 Å². The second-order valence-corrected chi connectivity index (χ2v) is 4.51. The molecular formula is C12H10FNO3S. The van der Waals surface area contributed by atoms with Gasteiger partial charge in [-0.2, -0.15) is 0 Å². The van der Waals surface area contributed by atoms with Gasteiger partial charge in [0.25, 0.3) is 0 Å². The fourth-order valence-corrected chi connectivity index (χ4v) is 2.33. The van der Waals surface area contributed by atoms with Crippen molar-refractivity contribution in [3.05, 3.63) is 35.6 Å². The number of aliphatic imine (C=N–C) groups is 1. The first-order valence-corrected chi connectivity index (χ1v) is 6.15. The van der Waals surface area contributed by atoms with Gasteiger partial charge in [0.15, 0.2) is 0 Å². The summed E-state index contributed by atoms with van der Waals surface area (Å²) in [7, 11) is 0. The van der Waals surface area contributed by atoms with E-state index in [1.54, 1.807) is 13.0 Å². The largest absolute Gasteiger partial charge is 0.464 e. The van der Waals surface area contributed by atoms with Gasteiger partial charge in [-0.1, -0.05) is 12.1 Å². The summed E-state index contributed by atoms with van der Waals surface area (Å²) >= 11 is 0.833. The molecule has 1 atom stereocenters. The molecule has 0 spiro atoms. The van der Waals surface area contributed by atoms with E-state index < -0.39 is 22.9 Å². The minimum Gasteiger partial charge on any atom is -0.464 e. The lowest BCUT2D eigenvalue weighted by molar-refractivity contribution is -0.145. The van der Waals surface area contributed by atoms with Gasteiger partial charge >= 0.3 is 5.97 Å². The van der Waals surface area contributed by atoms with Gasteiger partial charge in [0, 0.05) is 5.56 Å². The first-order chi connectivity index (χ1) is 8.61. The third-order valence-corrected chi connectivity index (χ3v) is 3.21. The molecule has 1 unspecified atom stereocenters. The molecule has 1 aromatic rings. The number of halogens is 1. The number of hydrogen-bond acceptors (Lipinski definition) is 5. The van der Waals surface area contributed by atoms with Crippen LogP contribution in [0.2, 0.25) is 0 Å². The molecule has 0 radical (unpaired) electrons. The van der Waals surface area contributed by atoms with Crippen LogP contribution in [0.25, 0.3) is 0 Å². The fraction of sp³-hybridized carbons (Fsp3) is 0.250. The molecular weight excluding hydrogens is 257 g/mol. The van der Waals surface area contributed by atoms with Gasteiger partial charge in [-0.3, -0.25) is 9.79 Å². The van der Waals surface area contributed by atoms with E-state index >= 15 is 0 Å². The number of carbonyl (C=O) groups excluding carboxylic acids is 2. The summed E-state index contributed by atoms with van der Waals surface area (Å²) in [6.45, 7) is 1.85. The Hall–Kier alpha value is -1.69. The highest BCUT2D eigenvalue weighted by Crippen LogP contribution is 2.26.